The maximum Gasteiger partial charge on any atom is 0.416 e. The van der Waals surface area contributed by atoms with E-state index in [9.17, 15) is 35.9 Å². The lowest BCUT2D eigenvalue weighted by atomic mass is 10.0. The predicted octanol–water partition coefficient (Wildman–Crippen LogP) is 4.44. The summed E-state index contributed by atoms with van der Waals surface area (Å²) in [4.78, 5) is 30.7. The average Bonchev–Trinajstić information content (AvgIpc) is 3.64. The number of benzene rings is 1. The van der Waals surface area contributed by atoms with E-state index in [4.69, 9.17) is 13.9 Å². The first-order valence-electron chi connectivity index (χ1n) is 11.9. The molecule has 2 aliphatic rings. The minimum absolute atomic E-state index is 0.0449. The maximum atomic E-state index is 13.3. The van der Waals surface area contributed by atoms with Gasteiger partial charge in [-0.25, -0.2) is 4.98 Å². The third kappa shape index (κ3) is 7.04. The van der Waals surface area contributed by atoms with Crippen LogP contribution in [0.15, 0.2) is 28.9 Å². The molecule has 2 aromatic rings. The van der Waals surface area contributed by atoms with E-state index in [1.54, 1.807) is 0 Å². The molecule has 1 aromatic heterocycles. The van der Waals surface area contributed by atoms with Gasteiger partial charge in [0, 0.05) is 31.9 Å². The van der Waals surface area contributed by atoms with Crippen molar-refractivity contribution >= 4 is 11.8 Å². The van der Waals surface area contributed by atoms with Gasteiger partial charge in [-0.3, -0.25) is 9.59 Å². The number of ether oxygens (including phenoxy) is 2. The summed E-state index contributed by atoms with van der Waals surface area (Å²) in [6.45, 7) is 0.748. The fourth-order valence-corrected chi connectivity index (χ4v) is 4.27. The highest BCUT2D eigenvalue weighted by molar-refractivity contribution is 5.95. The second-order valence-corrected chi connectivity index (χ2v) is 9.09. The number of hydrogen-bond acceptors (Lipinski definition) is 6. The van der Waals surface area contributed by atoms with Gasteiger partial charge >= 0.3 is 12.4 Å². The second kappa shape index (κ2) is 11.3. The van der Waals surface area contributed by atoms with E-state index < -0.39 is 53.5 Å². The van der Waals surface area contributed by atoms with Crippen molar-refractivity contribution in [3.8, 4) is 0 Å². The van der Waals surface area contributed by atoms with Crippen molar-refractivity contribution in [2.75, 3.05) is 26.3 Å². The van der Waals surface area contributed by atoms with E-state index in [2.05, 4.69) is 10.3 Å². The number of oxazole rings is 1. The molecule has 0 aliphatic carbocycles. The molecule has 2 amide bonds. The number of nitrogens with zero attached hydrogens (tertiary/aromatic N) is 2. The number of alkyl halides is 6. The monoisotopic (exact) mass is 549 g/mol. The standard InChI is InChI=1S/C24H25F6N3O5/c25-23(26,27)15-7-14(8-16(9-15)24(28,29)30)22(35)33(11-18-4-2-6-37-18)12-20-32-19(13-38-20)21(34)31-10-17-3-1-5-36-17/h7-9,13,17-18H,1-6,10-12H2,(H,31,34). The Morgan fingerprint density at radius 1 is 0.947 bits per heavy atom. The summed E-state index contributed by atoms with van der Waals surface area (Å²) in [6.07, 6.45) is -6.83. The van der Waals surface area contributed by atoms with Gasteiger partial charge in [-0.15, -0.1) is 0 Å². The lowest BCUT2D eigenvalue weighted by Crippen LogP contribution is -2.37. The molecule has 3 heterocycles. The van der Waals surface area contributed by atoms with Crippen molar-refractivity contribution < 1.29 is 49.8 Å². The lowest BCUT2D eigenvalue weighted by Gasteiger charge is -2.25. The second-order valence-electron chi connectivity index (χ2n) is 9.09. The van der Waals surface area contributed by atoms with Crippen molar-refractivity contribution in [2.45, 2.75) is 56.8 Å². The maximum absolute atomic E-state index is 13.3. The number of carbonyl (C=O) groups is 2. The van der Waals surface area contributed by atoms with Crippen molar-refractivity contribution in [1.82, 2.24) is 15.2 Å². The van der Waals surface area contributed by atoms with Gasteiger partial charge in [0.2, 0.25) is 5.89 Å². The molecule has 1 aromatic carbocycles. The number of halogens is 6. The Bertz CT molecular complexity index is 1110. The Morgan fingerprint density at radius 3 is 2.11 bits per heavy atom. The van der Waals surface area contributed by atoms with Crippen LogP contribution < -0.4 is 5.32 Å². The Hall–Kier alpha value is -3.13. The van der Waals surface area contributed by atoms with Crippen LogP contribution in [-0.4, -0.2) is 60.2 Å². The van der Waals surface area contributed by atoms with Crippen LogP contribution in [0, 0.1) is 0 Å². The van der Waals surface area contributed by atoms with Crippen molar-refractivity contribution in [3.05, 3.63) is 52.7 Å². The predicted molar refractivity (Wildman–Crippen MR) is 118 cm³/mol. The third-order valence-corrected chi connectivity index (χ3v) is 6.19. The minimum Gasteiger partial charge on any atom is -0.446 e. The van der Waals surface area contributed by atoms with E-state index in [-0.39, 0.29) is 36.8 Å². The van der Waals surface area contributed by atoms with Crippen LogP contribution in [-0.2, 0) is 28.4 Å². The topological polar surface area (TPSA) is 93.9 Å². The Labute approximate surface area is 213 Å². The average molecular weight is 549 g/mol. The molecule has 8 nitrogen and oxygen atoms in total. The van der Waals surface area contributed by atoms with Crippen LogP contribution in [0.2, 0.25) is 0 Å². The van der Waals surface area contributed by atoms with Crippen molar-refractivity contribution in [1.29, 1.82) is 0 Å². The van der Waals surface area contributed by atoms with Gasteiger partial charge < -0.3 is 24.1 Å². The van der Waals surface area contributed by atoms with Crippen molar-refractivity contribution in [3.63, 3.8) is 0 Å². The van der Waals surface area contributed by atoms with Gasteiger partial charge in [-0.1, -0.05) is 0 Å². The van der Waals surface area contributed by atoms with E-state index in [0.29, 0.717) is 38.2 Å². The Kier molecular flexibility index (Phi) is 8.31. The zero-order valence-corrected chi connectivity index (χ0v) is 20.0. The summed E-state index contributed by atoms with van der Waals surface area (Å²) in [5, 5.41) is 2.66. The van der Waals surface area contributed by atoms with Crippen LogP contribution in [0.5, 0.6) is 0 Å². The van der Waals surface area contributed by atoms with E-state index in [1.807, 2.05) is 0 Å². The van der Waals surface area contributed by atoms with E-state index in [0.717, 1.165) is 24.0 Å². The van der Waals surface area contributed by atoms with Crippen LogP contribution in [0.1, 0.15) is 63.5 Å². The van der Waals surface area contributed by atoms with Gasteiger partial charge in [0.1, 0.15) is 6.26 Å². The van der Waals surface area contributed by atoms with Gasteiger partial charge in [0.25, 0.3) is 11.8 Å². The molecule has 1 N–H and O–H groups in total. The largest absolute Gasteiger partial charge is 0.446 e. The fourth-order valence-electron chi connectivity index (χ4n) is 4.27. The summed E-state index contributed by atoms with van der Waals surface area (Å²) < 4.78 is 96.2. The highest BCUT2D eigenvalue weighted by Crippen LogP contribution is 2.36. The molecule has 2 saturated heterocycles. The molecular formula is C24H25F6N3O5. The molecule has 0 radical (unpaired) electrons. The molecule has 0 spiro atoms. The van der Waals surface area contributed by atoms with E-state index >= 15 is 0 Å². The van der Waals surface area contributed by atoms with Gasteiger partial charge in [-0.05, 0) is 43.9 Å². The molecule has 38 heavy (non-hydrogen) atoms. The zero-order valence-electron chi connectivity index (χ0n) is 20.0. The summed E-state index contributed by atoms with van der Waals surface area (Å²) in [5.74, 6) is -1.78. The molecule has 2 unspecified atom stereocenters. The van der Waals surface area contributed by atoms with Gasteiger partial charge in [0.05, 0.1) is 29.9 Å². The SMILES string of the molecule is O=C(NCC1CCCO1)c1coc(CN(CC2CCCO2)C(=O)c2cc(C(F)(F)F)cc(C(F)(F)F)c2)n1. The zero-order chi connectivity index (χ0) is 27.5. The van der Waals surface area contributed by atoms with Crippen LogP contribution in [0.4, 0.5) is 26.3 Å². The summed E-state index contributed by atoms with van der Waals surface area (Å²) in [5.41, 5.74) is -4.10. The number of aromatic nitrogens is 1. The molecule has 0 saturated carbocycles. The molecule has 2 aliphatic heterocycles. The molecular weight excluding hydrogens is 524 g/mol. The molecule has 14 heteroatoms. The van der Waals surface area contributed by atoms with Gasteiger partial charge in [-0.2, -0.15) is 26.3 Å². The smallest absolute Gasteiger partial charge is 0.416 e. The number of amides is 2. The quantitative estimate of drug-likeness (QED) is 0.490. The third-order valence-electron chi connectivity index (χ3n) is 6.19. The number of rotatable bonds is 8. The molecule has 0 bridgehead atoms. The number of nitrogens with one attached hydrogen (secondary N) is 1. The summed E-state index contributed by atoms with van der Waals surface area (Å²) >= 11 is 0. The van der Waals surface area contributed by atoms with E-state index in [1.165, 1.54) is 0 Å². The van der Waals surface area contributed by atoms with Crippen LogP contribution in [0.3, 0.4) is 0 Å². The van der Waals surface area contributed by atoms with Crippen molar-refractivity contribution in [2.24, 2.45) is 0 Å². The first-order valence-corrected chi connectivity index (χ1v) is 11.9. The lowest BCUT2D eigenvalue weighted by molar-refractivity contribution is -0.143. The van der Waals surface area contributed by atoms with Crippen LogP contribution >= 0.6 is 0 Å². The highest BCUT2D eigenvalue weighted by Gasteiger charge is 2.38. The van der Waals surface area contributed by atoms with Gasteiger partial charge in [0.15, 0.2) is 5.69 Å². The molecule has 4 rings (SSSR count). The minimum atomic E-state index is -5.11. The molecule has 2 fully saturated rings. The Morgan fingerprint density at radius 2 is 1.55 bits per heavy atom. The fraction of sp³-hybridized carbons (Fsp3) is 0.542. The highest BCUT2D eigenvalue weighted by atomic mass is 19.4. The number of carbonyl (C=O) groups excluding carboxylic acids is 2. The molecule has 2 atom stereocenters. The first-order chi connectivity index (χ1) is 17.9. The Balaban J connectivity index is 1.55. The molecule has 208 valence electrons. The number of hydrogen-bond donors (Lipinski definition) is 1. The van der Waals surface area contributed by atoms with Crippen LogP contribution in [0.25, 0.3) is 0 Å². The summed E-state index contributed by atoms with van der Waals surface area (Å²) in [7, 11) is 0. The normalized spacial score (nSPS) is 20.1. The first kappa shape index (κ1) is 27.9. The summed E-state index contributed by atoms with van der Waals surface area (Å²) in [6, 6.07) is 0.704.